The van der Waals surface area contributed by atoms with Crippen molar-refractivity contribution in [3.63, 3.8) is 0 Å². The van der Waals surface area contributed by atoms with Crippen molar-refractivity contribution in [2.24, 2.45) is 5.73 Å². The molecule has 6 heteroatoms. The van der Waals surface area contributed by atoms with Gasteiger partial charge in [-0.25, -0.2) is 0 Å². The smallest absolute Gasteiger partial charge is 0.236 e. The summed E-state index contributed by atoms with van der Waals surface area (Å²) in [6.45, 7) is 2.97. The molecule has 1 rings (SSSR count). The van der Waals surface area contributed by atoms with Gasteiger partial charge in [0, 0.05) is 6.54 Å². The van der Waals surface area contributed by atoms with Crippen molar-refractivity contribution in [2.75, 3.05) is 23.7 Å². The van der Waals surface area contributed by atoms with Crippen molar-refractivity contribution in [1.82, 2.24) is 10.2 Å². The van der Waals surface area contributed by atoms with E-state index in [1.165, 1.54) is 0 Å². The van der Waals surface area contributed by atoms with E-state index in [0.29, 0.717) is 11.6 Å². The Morgan fingerprint density at radius 3 is 2.69 bits per heavy atom. The lowest BCUT2D eigenvalue weighted by molar-refractivity contribution is -0.116. The van der Waals surface area contributed by atoms with Crippen molar-refractivity contribution in [3.05, 3.63) is 12.1 Å². The number of nitrogens with two attached hydrogens (primary N) is 2. The number of rotatable bonds is 6. The van der Waals surface area contributed by atoms with Crippen molar-refractivity contribution in [2.45, 2.75) is 19.8 Å². The van der Waals surface area contributed by atoms with Crippen LogP contribution in [0.5, 0.6) is 0 Å². The molecule has 1 aromatic rings. The number of anilines is 2. The second kappa shape index (κ2) is 5.89. The average Bonchev–Trinajstić information content (AvgIpc) is 2.25. The second-order valence-electron chi connectivity index (χ2n) is 3.56. The van der Waals surface area contributed by atoms with Gasteiger partial charge in [0.15, 0.2) is 5.82 Å². The summed E-state index contributed by atoms with van der Waals surface area (Å²) in [5.41, 5.74) is 10.6. The zero-order valence-corrected chi connectivity index (χ0v) is 9.39. The van der Waals surface area contributed by atoms with E-state index in [0.717, 1.165) is 19.4 Å². The third-order valence-electron chi connectivity index (χ3n) is 2.12. The molecule has 0 saturated carbocycles. The fraction of sp³-hybridized carbons (Fsp3) is 0.500. The fourth-order valence-electron chi connectivity index (χ4n) is 1.32. The Hall–Kier alpha value is -1.85. The maximum Gasteiger partial charge on any atom is 0.236 e. The lowest BCUT2D eigenvalue weighted by atomic mass is 10.3. The van der Waals surface area contributed by atoms with Gasteiger partial charge < -0.3 is 16.4 Å². The molecule has 0 aliphatic heterocycles. The van der Waals surface area contributed by atoms with Gasteiger partial charge in [-0.05, 0) is 18.6 Å². The monoisotopic (exact) mass is 223 g/mol. The first-order valence-electron chi connectivity index (χ1n) is 5.26. The number of nitrogens with zero attached hydrogens (tertiary/aromatic N) is 3. The van der Waals surface area contributed by atoms with Gasteiger partial charge in [0.05, 0.1) is 6.54 Å². The maximum atomic E-state index is 10.9. The molecule has 0 aliphatic rings. The first-order valence-corrected chi connectivity index (χ1v) is 5.26. The van der Waals surface area contributed by atoms with Crippen LogP contribution in [0.2, 0.25) is 0 Å². The van der Waals surface area contributed by atoms with Gasteiger partial charge in [-0.15, -0.1) is 10.2 Å². The number of nitrogen functional groups attached to an aromatic ring is 1. The maximum absolute atomic E-state index is 10.9. The third-order valence-corrected chi connectivity index (χ3v) is 2.12. The van der Waals surface area contributed by atoms with Gasteiger partial charge in [0.25, 0.3) is 0 Å². The van der Waals surface area contributed by atoms with Crippen molar-refractivity contribution < 1.29 is 4.79 Å². The summed E-state index contributed by atoms with van der Waals surface area (Å²) in [6, 6.07) is 3.39. The van der Waals surface area contributed by atoms with E-state index in [1.807, 2.05) is 0 Å². The Kier molecular flexibility index (Phi) is 4.50. The summed E-state index contributed by atoms with van der Waals surface area (Å²) in [5, 5.41) is 7.68. The predicted octanol–water partition coefficient (Wildman–Crippen LogP) is 0.151. The van der Waals surface area contributed by atoms with Crippen LogP contribution < -0.4 is 16.4 Å². The van der Waals surface area contributed by atoms with Crippen LogP contribution >= 0.6 is 0 Å². The quantitative estimate of drug-likeness (QED) is 0.715. The average molecular weight is 223 g/mol. The number of hydrogen-bond donors (Lipinski definition) is 2. The number of primary amides is 1. The van der Waals surface area contributed by atoms with Gasteiger partial charge in [-0.1, -0.05) is 13.3 Å². The SMILES string of the molecule is CCCCN(CC(N)=O)c1ccc(N)nn1. The molecule has 0 aliphatic carbocycles. The first kappa shape index (κ1) is 12.2. The van der Waals surface area contributed by atoms with Crippen LogP contribution in [0.15, 0.2) is 12.1 Å². The first-order chi connectivity index (χ1) is 7.63. The molecule has 0 atom stereocenters. The minimum absolute atomic E-state index is 0.151. The molecule has 0 unspecified atom stereocenters. The highest BCUT2D eigenvalue weighted by Gasteiger charge is 2.10. The molecule has 0 aromatic carbocycles. The van der Waals surface area contributed by atoms with Crippen LogP contribution in [0.25, 0.3) is 0 Å². The molecule has 1 aromatic heterocycles. The number of aromatic nitrogens is 2. The molecule has 0 bridgehead atoms. The molecular weight excluding hydrogens is 206 g/mol. The largest absolute Gasteiger partial charge is 0.382 e. The Morgan fingerprint density at radius 2 is 2.19 bits per heavy atom. The molecule has 1 amide bonds. The van der Waals surface area contributed by atoms with Gasteiger partial charge in [0.2, 0.25) is 5.91 Å². The Labute approximate surface area is 94.6 Å². The molecule has 6 nitrogen and oxygen atoms in total. The van der Waals surface area contributed by atoms with E-state index < -0.39 is 0 Å². The zero-order chi connectivity index (χ0) is 12.0. The molecule has 0 spiro atoms. The summed E-state index contributed by atoms with van der Waals surface area (Å²) < 4.78 is 0. The normalized spacial score (nSPS) is 10.1. The molecule has 1 heterocycles. The summed E-state index contributed by atoms with van der Waals surface area (Å²) in [7, 11) is 0. The molecule has 0 radical (unpaired) electrons. The second-order valence-corrected chi connectivity index (χ2v) is 3.56. The molecule has 0 saturated heterocycles. The van der Waals surface area contributed by atoms with E-state index >= 15 is 0 Å². The zero-order valence-electron chi connectivity index (χ0n) is 9.39. The standard InChI is InChI=1S/C10H17N5O/c1-2-3-6-15(7-9(12)16)10-5-4-8(11)13-14-10/h4-5H,2-3,6-7H2,1H3,(H2,11,13)(H2,12,16). The molecule has 88 valence electrons. The number of unbranched alkanes of at least 4 members (excludes halogenated alkanes) is 1. The van der Waals surface area contributed by atoms with Crippen molar-refractivity contribution in [1.29, 1.82) is 0 Å². The van der Waals surface area contributed by atoms with E-state index in [-0.39, 0.29) is 12.5 Å². The minimum Gasteiger partial charge on any atom is -0.382 e. The Balaban J connectivity index is 2.74. The van der Waals surface area contributed by atoms with Gasteiger partial charge in [-0.2, -0.15) is 0 Å². The highest BCUT2D eigenvalue weighted by molar-refractivity contribution is 5.79. The number of carbonyl (C=O) groups excluding carboxylic acids is 1. The number of amides is 1. The van der Waals surface area contributed by atoms with Crippen LogP contribution in [0.3, 0.4) is 0 Å². The van der Waals surface area contributed by atoms with Crippen LogP contribution in [-0.4, -0.2) is 29.2 Å². The lowest BCUT2D eigenvalue weighted by Crippen LogP contribution is -2.35. The van der Waals surface area contributed by atoms with Crippen molar-refractivity contribution >= 4 is 17.5 Å². The fourth-order valence-corrected chi connectivity index (χ4v) is 1.32. The van der Waals surface area contributed by atoms with Gasteiger partial charge in [-0.3, -0.25) is 4.79 Å². The Bertz CT molecular complexity index is 338. The van der Waals surface area contributed by atoms with E-state index in [2.05, 4.69) is 17.1 Å². The molecule has 4 N–H and O–H groups in total. The minimum atomic E-state index is -0.380. The van der Waals surface area contributed by atoms with Crippen LogP contribution in [-0.2, 0) is 4.79 Å². The molecular formula is C10H17N5O. The summed E-state index contributed by atoms with van der Waals surface area (Å²) in [4.78, 5) is 12.7. The summed E-state index contributed by atoms with van der Waals surface area (Å²) >= 11 is 0. The molecule has 0 fully saturated rings. The number of hydrogen-bond acceptors (Lipinski definition) is 5. The predicted molar refractivity (Wildman–Crippen MR) is 62.8 cm³/mol. The summed E-state index contributed by atoms with van der Waals surface area (Å²) in [6.07, 6.45) is 2.01. The topological polar surface area (TPSA) is 98.1 Å². The van der Waals surface area contributed by atoms with Gasteiger partial charge >= 0.3 is 0 Å². The van der Waals surface area contributed by atoms with E-state index in [9.17, 15) is 4.79 Å². The van der Waals surface area contributed by atoms with Crippen molar-refractivity contribution in [3.8, 4) is 0 Å². The lowest BCUT2D eigenvalue weighted by Gasteiger charge is -2.21. The van der Waals surface area contributed by atoms with Gasteiger partial charge in [0.1, 0.15) is 5.82 Å². The van der Waals surface area contributed by atoms with Crippen LogP contribution in [0.4, 0.5) is 11.6 Å². The Morgan fingerprint density at radius 1 is 1.44 bits per heavy atom. The van der Waals surface area contributed by atoms with Crippen LogP contribution in [0.1, 0.15) is 19.8 Å². The highest BCUT2D eigenvalue weighted by Crippen LogP contribution is 2.10. The number of carbonyl (C=O) groups is 1. The highest BCUT2D eigenvalue weighted by atomic mass is 16.1. The van der Waals surface area contributed by atoms with E-state index in [4.69, 9.17) is 11.5 Å². The van der Waals surface area contributed by atoms with E-state index in [1.54, 1.807) is 17.0 Å². The van der Waals surface area contributed by atoms with Crippen LogP contribution in [0, 0.1) is 0 Å². The third kappa shape index (κ3) is 3.72. The summed E-state index contributed by atoms with van der Waals surface area (Å²) in [5.74, 6) is 0.606. The molecule has 16 heavy (non-hydrogen) atoms.